The van der Waals surface area contributed by atoms with E-state index in [0.29, 0.717) is 5.92 Å². The van der Waals surface area contributed by atoms with Gasteiger partial charge in [-0.2, -0.15) is 0 Å². The molecule has 2 aliphatic rings. The Kier molecular flexibility index (Phi) is 4.47. The minimum atomic E-state index is 0.0484. The van der Waals surface area contributed by atoms with Crippen LogP contribution in [0.15, 0.2) is 29.9 Å². The average molecular weight is 342 g/mol. The van der Waals surface area contributed by atoms with E-state index in [9.17, 15) is 4.79 Å². The van der Waals surface area contributed by atoms with Crippen LogP contribution in [-0.2, 0) is 0 Å². The molecule has 0 radical (unpaired) electrons. The molecule has 1 saturated heterocycles. The molecule has 0 unspecified atom stereocenters. The van der Waals surface area contributed by atoms with Crippen molar-refractivity contribution in [3.63, 3.8) is 0 Å². The summed E-state index contributed by atoms with van der Waals surface area (Å²) in [5.41, 5.74) is 2.84. The Hall–Kier alpha value is -1.95. The second kappa shape index (κ2) is 6.89. The molecule has 1 saturated carbocycles. The van der Waals surface area contributed by atoms with Gasteiger partial charge in [-0.1, -0.05) is 18.9 Å². The van der Waals surface area contributed by atoms with Crippen LogP contribution in [0.3, 0.4) is 0 Å². The zero-order chi connectivity index (χ0) is 16.4. The van der Waals surface area contributed by atoms with Crippen molar-refractivity contribution in [2.45, 2.75) is 44.1 Å². The molecule has 24 heavy (non-hydrogen) atoms. The van der Waals surface area contributed by atoms with Crippen molar-refractivity contribution in [3.8, 4) is 0 Å². The fourth-order valence-corrected chi connectivity index (χ4v) is 4.57. The van der Waals surface area contributed by atoms with E-state index in [2.05, 4.69) is 20.2 Å². The van der Waals surface area contributed by atoms with Crippen LogP contribution in [0, 0.1) is 0 Å². The van der Waals surface area contributed by atoms with Gasteiger partial charge < -0.3 is 10.2 Å². The lowest BCUT2D eigenvalue weighted by Gasteiger charge is -2.18. The molecule has 1 atom stereocenters. The molecule has 2 fully saturated rings. The number of anilines is 1. The Bertz CT molecular complexity index is 696. The van der Waals surface area contributed by atoms with Crippen LogP contribution in [0.5, 0.6) is 0 Å². The van der Waals surface area contributed by atoms with E-state index < -0.39 is 0 Å². The molecule has 2 aromatic rings. The summed E-state index contributed by atoms with van der Waals surface area (Å²) in [5.74, 6) is 1.51. The van der Waals surface area contributed by atoms with Crippen LogP contribution in [-0.4, -0.2) is 35.0 Å². The summed E-state index contributed by atoms with van der Waals surface area (Å²) in [6.45, 7) is 1.75. The van der Waals surface area contributed by atoms with E-state index >= 15 is 0 Å². The molecule has 6 heteroatoms. The van der Waals surface area contributed by atoms with E-state index in [1.165, 1.54) is 37.0 Å². The Morgan fingerprint density at radius 1 is 1.21 bits per heavy atom. The van der Waals surface area contributed by atoms with Gasteiger partial charge in [0.25, 0.3) is 5.91 Å². The quantitative estimate of drug-likeness (QED) is 0.927. The highest BCUT2D eigenvalue weighted by Crippen LogP contribution is 2.36. The molecule has 1 aliphatic carbocycles. The highest BCUT2D eigenvalue weighted by molar-refractivity contribution is 7.11. The van der Waals surface area contributed by atoms with E-state index in [0.717, 1.165) is 35.9 Å². The van der Waals surface area contributed by atoms with Gasteiger partial charge in [0.1, 0.15) is 10.7 Å². The molecule has 126 valence electrons. The van der Waals surface area contributed by atoms with Crippen LogP contribution in [0.25, 0.3) is 0 Å². The standard InChI is InChI=1S/C18H22N4OS/c23-18(17-16(20-12-24-17)13-5-1-2-6-13)21-14-8-10-22(11-14)15-7-3-4-9-19-15/h3-4,7,9,12-14H,1-2,5-6,8,10-11H2,(H,21,23)/t14-/m1/s1. The monoisotopic (exact) mass is 342 g/mol. The highest BCUT2D eigenvalue weighted by Gasteiger charge is 2.29. The number of carbonyl (C=O) groups is 1. The molecular weight excluding hydrogens is 320 g/mol. The number of carbonyl (C=O) groups excluding carboxylic acids is 1. The maximum atomic E-state index is 12.7. The van der Waals surface area contributed by atoms with Gasteiger partial charge in [-0.15, -0.1) is 11.3 Å². The first-order chi connectivity index (χ1) is 11.8. The summed E-state index contributed by atoms with van der Waals surface area (Å²) in [5, 5.41) is 3.21. The number of pyridine rings is 1. The lowest BCUT2D eigenvalue weighted by molar-refractivity contribution is 0.0943. The molecular formula is C18H22N4OS. The molecule has 0 bridgehead atoms. The third-order valence-corrected chi connectivity index (χ3v) is 5.88. The number of hydrogen-bond acceptors (Lipinski definition) is 5. The van der Waals surface area contributed by atoms with Gasteiger partial charge in [-0.05, 0) is 31.4 Å². The van der Waals surface area contributed by atoms with Crippen molar-refractivity contribution in [2.75, 3.05) is 18.0 Å². The average Bonchev–Trinajstić information content (AvgIpc) is 3.36. The van der Waals surface area contributed by atoms with Crippen molar-refractivity contribution in [2.24, 2.45) is 0 Å². The molecule has 0 spiro atoms. The summed E-state index contributed by atoms with van der Waals surface area (Å²) in [4.78, 5) is 24.6. The van der Waals surface area contributed by atoms with E-state index in [1.54, 1.807) is 0 Å². The number of rotatable bonds is 4. The lowest BCUT2D eigenvalue weighted by Crippen LogP contribution is -2.37. The third-order valence-electron chi connectivity index (χ3n) is 5.04. The van der Waals surface area contributed by atoms with Crippen molar-refractivity contribution < 1.29 is 4.79 Å². The lowest BCUT2D eigenvalue weighted by atomic mass is 10.0. The molecule has 1 aliphatic heterocycles. The van der Waals surface area contributed by atoms with E-state index in [-0.39, 0.29) is 11.9 Å². The zero-order valence-electron chi connectivity index (χ0n) is 13.6. The first-order valence-electron chi connectivity index (χ1n) is 8.71. The Balaban J connectivity index is 1.40. The topological polar surface area (TPSA) is 58.1 Å². The summed E-state index contributed by atoms with van der Waals surface area (Å²) in [7, 11) is 0. The fraction of sp³-hybridized carbons (Fsp3) is 0.500. The van der Waals surface area contributed by atoms with Crippen LogP contribution < -0.4 is 10.2 Å². The van der Waals surface area contributed by atoms with Gasteiger partial charge in [-0.3, -0.25) is 4.79 Å². The molecule has 0 aromatic carbocycles. The smallest absolute Gasteiger partial charge is 0.263 e. The maximum Gasteiger partial charge on any atom is 0.263 e. The Morgan fingerprint density at radius 3 is 2.88 bits per heavy atom. The molecule has 1 amide bonds. The van der Waals surface area contributed by atoms with E-state index in [1.807, 2.05) is 29.9 Å². The van der Waals surface area contributed by atoms with E-state index in [4.69, 9.17) is 0 Å². The second-order valence-corrected chi connectivity index (χ2v) is 7.50. The van der Waals surface area contributed by atoms with Gasteiger partial charge in [0.05, 0.1) is 11.2 Å². The third kappa shape index (κ3) is 3.15. The number of nitrogens with one attached hydrogen (secondary N) is 1. The number of aromatic nitrogens is 2. The first kappa shape index (κ1) is 15.6. The Labute approximate surface area is 146 Å². The number of nitrogens with zero attached hydrogens (tertiary/aromatic N) is 3. The largest absolute Gasteiger partial charge is 0.354 e. The van der Waals surface area contributed by atoms with Crippen LogP contribution in [0.4, 0.5) is 5.82 Å². The van der Waals surface area contributed by atoms with Gasteiger partial charge >= 0.3 is 0 Å². The Morgan fingerprint density at radius 2 is 2.08 bits per heavy atom. The number of hydrogen-bond donors (Lipinski definition) is 1. The molecule has 4 rings (SSSR count). The fourth-order valence-electron chi connectivity index (χ4n) is 3.79. The minimum absolute atomic E-state index is 0.0484. The SMILES string of the molecule is O=C(N[C@@H]1CCN(c2ccccn2)C1)c1scnc1C1CCCC1. The van der Waals surface area contributed by atoms with Gasteiger partial charge in [0.15, 0.2) is 0 Å². The minimum Gasteiger partial charge on any atom is -0.354 e. The van der Waals surface area contributed by atoms with Gasteiger partial charge in [0.2, 0.25) is 0 Å². The van der Waals surface area contributed by atoms with Crippen molar-refractivity contribution in [1.82, 2.24) is 15.3 Å². The molecule has 1 N–H and O–H groups in total. The van der Waals surface area contributed by atoms with Crippen LogP contribution >= 0.6 is 11.3 Å². The van der Waals surface area contributed by atoms with Crippen molar-refractivity contribution in [1.29, 1.82) is 0 Å². The highest BCUT2D eigenvalue weighted by atomic mass is 32.1. The van der Waals surface area contributed by atoms with Crippen LogP contribution in [0.1, 0.15) is 53.4 Å². The normalized spacial score (nSPS) is 21.3. The summed E-state index contributed by atoms with van der Waals surface area (Å²) in [6.07, 6.45) is 7.62. The van der Waals surface area contributed by atoms with Crippen molar-refractivity contribution >= 4 is 23.1 Å². The molecule has 5 nitrogen and oxygen atoms in total. The van der Waals surface area contributed by atoms with Crippen molar-refractivity contribution in [3.05, 3.63) is 40.5 Å². The number of amides is 1. The summed E-state index contributed by atoms with van der Waals surface area (Å²) in [6, 6.07) is 6.12. The number of thiazole rings is 1. The molecule has 3 heterocycles. The predicted molar refractivity (Wildman–Crippen MR) is 95.6 cm³/mol. The predicted octanol–water partition coefficient (Wildman–Crippen LogP) is 3.20. The second-order valence-electron chi connectivity index (χ2n) is 6.64. The van der Waals surface area contributed by atoms with Crippen LogP contribution in [0.2, 0.25) is 0 Å². The van der Waals surface area contributed by atoms with Gasteiger partial charge in [-0.25, -0.2) is 9.97 Å². The maximum absolute atomic E-state index is 12.7. The molecule has 2 aromatic heterocycles. The summed E-state index contributed by atoms with van der Waals surface area (Å²) >= 11 is 1.48. The summed E-state index contributed by atoms with van der Waals surface area (Å²) < 4.78 is 0. The first-order valence-corrected chi connectivity index (χ1v) is 9.59. The van der Waals surface area contributed by atoms with Gasteiger partial charge in [0, 0.05) is 31.2 Å². The zero-order valence-corrected chi connectivity index (χ0v) is 14.5.